The van der Waals surface area contributed by atoms with E-state index in [9.17, 15) is 30.6 Å². The van der Waals surface area contributed by atoms with E-state index in [0.717, 1.165) is 5.56 Å². The van der Waals surface area contributed by atoms with Crippen LogP contribution in [0.15, 0.2) is 30.8 Å². The molecule has 162 valence electrons. The van der Waals surface area contributed by atoms with Crippen LogP contribution in [-0.2, 0) is 14.2 Å². The predicted octanol–water partition coefficient (Wildman–Crippen LogP) is -2.03. The normalized spacial score (nSPS) is 40.4. The summed E-state index contributed by atoms with van der Waals surface area (Å²) in [6, 6.07) is 6.74. The highest BCUT2D eigenvalue weighted by Gasteiger charge is 2.49. The lowest BCUT2D eigenvalue weighted by Gasteiger charge is -2.44. The Hall–Kier alpha value is -1.60. The smallest absolute Gasteiger partial charge is 0.229 e. The monoisotopic (exact) mass is 414 g/mol. The number of aliphatic hydroxyl groups excluding tert-OH is 6. The molecule has 0 aromatic heterocycles. The second-order valence-electron chi connectivity index (χ2n) is 6.95. The largest absolute Gasteiger partial charge is 0.462 e. The van der Waals surface area contributed by atoms with Gasteiger partial charge in [-0.3, -0.25) is 0 Å². The van der Waals surface area contributed by atoms with Gasteiger partial charge in [-0.1, -0.05) is 24.8 Å². The topological polar surface area (TPSA) is 158 Å². The molecule has 1 aromatic carbocycles. The molecule has 0 aliphatic carbocycles. The Bertz CT molecular complexity index is 667. The molecule has 3 rings (SSSR count). The van der Waals surface area contributed by atoms with E-state index < -0.39 is 61.9 Å². The molecule has 0 bridgehead atoms. The van der Waals surface area contributed by atoms with E-state index in [2.05, 4.69) is 6.58 Å². The first kappa shape index (κ1) is 22.1. The van der Waals surface area contributed by atoms with E-state index in [0.29, 0.717) is 5.75 Å². The van der Waals surface area contributed by atoms with E-state index in [1.54, 1.807) is 30.3 Å². The number of ether oxygens (including phenoxy) is 4. The third-order valence-corrected chi connectivity index (χ3v) is 4.94. The minimum Gasteiger partial charge on any atom is -0.462 e. The summed E-state index contributed by atoms with van der Waals surface area (Å²) in [6.45, 7) is 2.78. The fourth-order valence-corrected chi connectivity index (χ4v) is 3.17. The molecule has 1 aromatic rings. The van der Waals surface area contributed by atoms with Gasteiger partial charge in [-0.05, 0) is 17.7 Å². The van der Waals surface area contributed by atoms with Crippen molar-refractivity contribution in [2.75, 3.05) is 13.2 Å². The second kappa shape index (κ2) is 9.47. The molecule has 2 fully saturated rings. The molecule has 10 heteroatoms. The first-order valence-electron chi connectivity index (χ1n) is 9.18. The Labute approximate surface area is 167 Å². The summed E-state index contributed by atoms with van der Waals surface area (Å²) in [5, 5.41) is 59.6. The summed E-state index contributed by atoms with van der Waals surface area (Å²) in [7, 11) is 0. The maximum Gasteiger partial charge on any atom is 0.229 e. The standard InChI is InChI=1S/C19H26O10/c1-2-9-3-5-10(6-4-9)27-19-17(15(24)14(23)12(7-20)28-19)29-18-16(25)13(22)11(21)8-26-18/h2-6,11-25H,1,7-8H2. The highest BCUT2D eigenvalue weighted by molar-refractivity contribution is 5.48. The summed E-state index contributed by atoms with van der Waals surface area (Å²) >= 11 is 0. The molecule has 9 unspecified atom stereocenters. The van der Waals surface area contributed by atoms with Crippen LogP contribution in [0, 0.1) is 0 Å². The molecule has 0 radical (unpaired) electrons. The van der Waals surface area contributed by atoms with Crippen LogP contribution >= 0.6 is 0 Å². The fourth-order valence-electron chi connectivity index (χ4n) is 3.17. The van der Waals surface area contributed by atoms with Crippen molar-refractivity contribution >= 4 is 6.08 Å². The molecule has 9 atom stereocenters. The highest BCUT2D eigenvalue weighted by atomic mass is 16.8. The Kier molecular flexibility index (Phi) is 7.22. The van der Waals surface area contributed by atoms with Gasteiger partial charge in [-0.25, -0.2) is 0 Å². The minimum atomic E-state index is -1.61. The van der Waals surface area contributed by atoms with E-state index in [-0.39, 0.29) is 6.61 Å². The molecule has 2 aliphatic heterocycles. The number of rotatable bonds is 6. The molecule has 0 amide bonds. The zero-order valence-electron chi connectivity index (χ0n) is 15.5. The average Bonchev–Trinajstić information content (AvgIpc) is 2.73. The van der Waals surface area contributed by atoms with Crippen molar-refractivity contribution < 1.29 is 49.6 Å². The van der Waals surface area contributed by atoms with Gasteiger partial charge >= 0.3 is 0 Å². The maximum absolute atomic E-state index is 10.5. The van der Waals surface area contributed by atoms with Crippen molar-refractivity contribution in [2.24, 2.45) is 0 Å². The van der Waals surface area contributed by atoms with Crippen LogP contribution in [0.25, 0.3) is 6.08 Å². The van der Waals surface area contributed by atoms with Gasteiger partial charge in [-0.2, -0.15) is 0 Å². The molecule has 6 N–H and O–H groups in total. The quantitative estimate of drug-likeness (QED) is 0.307. The van der Waals surface area contributed by atoms with Crippen LogP contribution in [-0.4, -0.2) is 99.2 Å². The molecular formula is C19H26O10. The van der Waals surface area contributed by atoms with Gasteiger partial charge in [0, 0.05) is 0 Å². The van der Waals surface area contributed by atoms with Crippen molar-refractivity contribution in [3.05, 3.63) is 36.4 Å². The van der Waals surface area contributed by atoms with Crippen LogP contribution in [0.3, 0.4) is 0 Å². The van der Waals surface area contributed by atoms with Gasteiger partial charge in [-0.15, -0.1) is 0 Å². The number of benzene rings is 1. The minimum absolute atomic E-state index is 0.303. The maximum atomic E-state index is 10.5. The molecule has 29 heavy (non-hydrogen) atoms. The number of hydrogen-bond donors (Lipinski definition) is 6. The Morgan fingerprint density at radius 3 is 2.28 bits per heavy atom. The number of aliphatic hydroxyl groups is 6. The van der Waals surface area contributed by atoms with Crippen molar-refractivity contribution in [2.45, 2.75) is 55.3 Å². The van der Waals surface area contributed by atoms with Crippen LogP contribution < -0.4 is 4.74 Å². The lowest BCUT2D eigenvalue weighted by Crippen LogP contribution is -2.63. The van der Waals surface area contributed by atoms with Gasteiger partial charge < -0.3 is 49.6 Å². The first-order valence-corrected chi connectivity index (χ1v) is 9.18. The molecule has 10 nitrogen and oxygen atoms in total. The first-order chi connectivity index (χ1) is 13.8. The molecule has 2 saturated heterocycles. The van der Waals surface area contributed by atoms with Gasteiger partial charge in [0.1, 0.15) is 42.4 Å². The Balaban J connectivity index is 1.78. The molecular weight excluding hydrogens is 388 g/mol. The SMILES string of the molecule is C=Cc1ccc(OC2OC(CO)C(O)C(O)C2OC2OCC(O)C(O)C2O)cc1. The summed E-state index contributed by atoms with van der Waals surface area (Å²) in [6.07, 6.45) is -11.0. The van der Waals surface area contributed by atoms with Crippen LogP contribution in [0.5, 0.6) is 5.75 Å². The van der Waals surface area contributed by atoms with E-state index in [4.69, 9.17) is 18.9 Å². The van der Waals surface area contributed by atoms with Crippen LogP contribution in [0.2, 0.25) is 0 Å². The zero-order valence-corrected chi connectivity index (χ0v) is 15.5. The van der Waals surface area contributed by atoms with E-state index in [1.165, 1.54) is 0 Å². The summed E-state index contributed by atoms with van der Waals surface area (Å²) in [4.78, 5) is 0. The molecule has 0 spiro atoms. The number of hydrogen-bond acceptors (Lipinski definition) is 10. The average molecular weight is 414 g/mol. The third-order valence-electron chi connectivity index (χ3n) is 4.94. The van der Waals surface area contributed by atoms with Crippen molar-refractivity contribution in [1.82, 2.24) is 0 Å². The van der Waals surface area contributed by atoms with Crippen molar-refractivity contribution in [3.63, 3.8) is 0 Å². The molecule has 2 heterocycles. The highest BCUT2D eigenvalue weighted by Crippen LogP contribution is 2.29. The second-order valence-corrected chi connectivity index (χ2v) is 6.95. The van der Waals surface area contributed by atoms with Crippen molar-refractivity contribution in [1.29, 1.82) is 0 Å². The fraction of sp³-hybridized carbons (Fsp3) is 0.579. The van der Waals surface area contributed by atoms with Gasteiger partial charge in [0.05, 0.1) is 13.2 Å². The van der Waals surface area contributed by atoms with E-state index in [1.807, 2.05) is 0 Å². The van der Waals surface area contributed by atoms with Gasteiger partial charge in [0.25, 0.3) is 0 Å². The molecule has 0 saturated carbocycles. The lowest BCUT2D eigenvalue weighted by atomic mass is 9.98. The van der Waals surface area contributed by atoms with Crippen molar-refractivity contribution in [3.8, 4) is 5.75 Å². The lowest BCUT2D eigenvalue weighted by molar-refractivity contribution is -0.344. The predicted molar refractivity (Wildman–Crippen MR) is 97.6 cm³/mol. The summed E-state index contributed by atoms with van der Waals surface area (Å²) < 4.78 is 22.0. The van der Waals surface area contributed by atoms with E-state index >= 15 is 0 Å². The summed E-state index contributed by atoms with van der Waals surface area (Å²) in [5.74, 6) is 0.357. The Morgan fingerprint density at radius 1 is 0.966 bits per heavy atom. The Morgan fingerprint density at radius 2 is 1.66 bits per heavy atom. The zero-order chi connectivity index (χ0) is 21.1. The van der Waals surface area contributed by atoms with Crippen LogP contribution in [0.4, 0.5) is 0 Å². The summed E-state index contributed by atoms with van der Waals surface area (Å²) in [5.41, 5.74) is 0.852. The van der Waals surface area contributed by atoms with Gasteiger partial charge in [0.2, 0.25) is 6.29 Å². The molecule has 2 aliphatic rings. The van der Waals surface area contributed by atoms with Gasteiger partial charge in [0.15, 0.2) is 12.4 Å². The third kappa shape index (κ3) is 4.77. The van der Waals surface area contributed by atoms with Crippen LogP contribution in [0.1, 0.15) is 5.56 Å².